The lowest BCUT2D eigenvalue weighted by atomic mass is 10.1. The van der Waals surface area contributed by atoms with Gasteiger partial charge >= 0.3 is 0 Å². The summed E-state index contributed by atoms with van der Waals surface area (Å²) in [6.45, 7) is 1.44. The molecule has 2 N–H and O–H groups in total. The number of carbonyl (C=O) groups is 2. The fourth-order valence-corrected chi connectivity index (χ4v) is 4.32. The number of nitrogens with one attached hydrogen (secondary N) is 2. The van der Waals surface area contributed by atoms with Gasteiger partial charge in [-0.1, -0.05) is 78.9 Å². The zero-order valence-electron chi connectivity index (χ0n) is 20.8. The number of para-hydroxylation sites is 1. The van der Waals surface area contributed by atoms with Crippen molar-refractivity contribution in [2.75, 3.05) is 5.32 Å². The summed E-state index contributed by atoms with van der Waals surface area (Å²) in [5, 5.41) is 7.00. The van der Waals surface area contributed by atoms with Gasteiger partial charge in [-0.15, -0.1) is 0 Å². The first kappa shape index (κ1) is 24.5. The molecule has 6 heteroatoms. The van der Waals surface area contributed by atoms with Gasteiger partial charge in [-0.25, -0.2) is 5.43 Å². The molecule has 0 bridgehead atoms. The van der Waals surface area contributed by atoms with Crippen LogP contribution < -0.4 is 10.7 Å². The summed E-state index contributed by atoms with van der Waals surface area (Å²) in [5.41, 5.74) is 9.64. The molecule has 0 atom stereocenters. The minimum absolute atomic E-state index is 0.168. The average molecular weight is 499 g/mol. The smallest absolute Gasteiger partial charge is 0.271 e. The molecule has 2 amide bonds. The maximum Gasteiger partial charge on any atom is 0.271 e. The van der Waals surface area contributed by atoms with Crippen LogP contribution in [0, 0.1) is 0 Å². The van der Waals surface area contributed by atoms with Gasteiger partial charge in [0.1, 0.15) is 0 Å². The molecule has 0 radical (unpaired) electrons. The number of aromatic nitrogens is 1. The van der Waals surface area contributed by atoms with Gasteiger partial charge in [-0.3, -0.25) is 9.59 Å². The molecule has 4 aromatic carbocycles. The molecule has 0 saturated carbocycles. The van der Waals surface area contributed by atoms with Crippen LogP contribution in [0.2, 0.25) is 0 Å². The Kier molecular flexibility index (Phi) is 7.23. The Morgan fingerprint density at radius 2 is 1.32 bits per heavy atom. The molecular formula is C32H26N4O2. The van der Waals surface area contributed by atoms with Gasteiger partial charge < -0.3 is 9.88 Å². The van der Waals surface area contributed by atoms with Crippen molar-refractivity contribution in [1.82, 2.24) is 9.99 Å². The largest absolute Gasteiger partial charge is 0.326 e. The van der Waals surface area contributed by atoms with Crippen molar-refractivity contribution in [2.24, 2.45) is 5.10 Å². The number of carbonyl (C=O) groups excluding carboxylic acids is 2. The number of anilines is 1. The van der Waals surface area contributed by atoms with Gasteiger partial charge in [0.2, 0.25) is 5.91 Å². The van der Waals surface area contributed by atoms with Crippen LogP contribution in [0.25, 0.3) is 28.2 Å². The monoisotopic (exact) mass is 498 g/mol. The summed E-state index contributed by atoms with van der Waals surface area (Å²) >= 11 is 0. The normalized spacial score (nSPS) is 10.9. The Bertz CT molecular complexity index is 1570. The van der Waals surface area contributed by atoms with Crippen LogP contribution in [0.3, 0.4) is 0 Å². The van der Waals surface area contributed by atoms with E-state index < -0.39 is 0 Å². The lowest BCUT2D eigenvalue weighted by Gasteiger charge is -2.15. The molecule has 186 valence electrons. The maximum absolute atomic E-state index is 12.7. The van der Waals surface area contributed by atoms with Crippen molar-refractivity contribution >= 4 is 23.7 Å². The Morgan fingerprint density at radius 1 is 0.737 bits per heavy atom. The molecule has 0 spiro atoms. The van der Waals surface area contributed by atoms with Gasteiger partial charge in [-0.05, 0) is 53.6 Å². The molecule has 38 heavy (non-hydrogen) atoms. The molecule has 5 aromatic rings. The fraction of sp³-hybridized carbons (Fsp3) is 0.0312. The Morgan fingerprint density at radius 3 is 1.92 bits per heavy atom. The molecule has 5 rings (SSSR count). The minimum atomic E-state index is -0.345. The van der Waals surface area contributed by atoms with E-state index in [-0.39, 0.29) is 11.8 Å². The second kappa shape index (κ2) is 11.2. The third kappa shape index (κ3) is 5.44. The van der Waals surface area contributed by atoms with E-state index >= 15 is 0 Å². The zero-order chi connectivity index (χ0) is 26.3. The Labute approximate surface area is 221 Å². The van der Waals surface area contributed by atoms with E-state index in [0.29, 0.717) is 11.3 Å². The van der Waals surface area contributed by atoms with Gasteiger partial charge in [0, 0.05) is 29.4 Å². The number of hydrogen-bond acceptors (Lipinski definition) is 3. The van der Waals surface area contributed by atoms with E-state index in [2.05, 4.69) is 62.9 Å². The first-order valence-electron chi connectivity index (χ1n) is 12.2. The summed E-state index contributed by atoms with van der Waals surface area (Å²) < 4.78 is 2.22. The highest BCUT2D eigenvalue weighted by molar-refractivity contribution is 5.97. The summed E-state index contributed by atoms with van der Waals surface area (Å²) in [6.07, 6.45) is 1.68. The minimum Gasteiger partial charge on any atom is -0.326 e. The lowest BCUT2D eigenvalue weighted by molar-refractivity contribution is -0.114. The molecule has 0 unspecified atom stereocenters. The van der Waals surface area contributed by atoms with Crippen LogP contribution in [0.5, 0.6) is 0 Å². The van der Waals surface area contributed by atoms with Crippen molar-refractivity contribution in [3.8, 4) is 28.2 Å². The van der Waals surface area contributed by atoms with Crippen molar-refractivity contribution in [3.63, 3.8) is 0 Å². The topological polar surface area (TPSA) is 75.5 Å². The van der Waals surface area contributed by atoms with Crippen molar-refractivity contribution in [3.05, 3.63) is 132 Å². The van der Waals surface area contributed by atoms with E-state index in [1.54, 1.807) is 30.5 Å². The summed E-state index contributed by atoms with van der Waals surface area (Å²) in [6, 6.07) is 39.2. The highest BCUT2D eigenvalue weighted by Gasteiger charge is 2.18. The molecule has 0 aliphatic heterocycles. The van der Waals surface area contributed by atoms with Gasteiger partial charge in [0.05, 0.1) is 17.6 Å². The lowest BCUT2D eigenvalue weighted by Crippen LogP contribution is -2.17. The van der Waals surface area contributed by atoms with E-state index in [0.717, 1.165) is 33.8 Å². The first-order chi connectivity index (χ1) is 18.6. The molecule has 0 saturated heterocycles. The summed E-state index contributed by atoms with van der Waals surface area (Å²) in [7, 11) is 0. The zero-order valence-corrected chi connectivity index (χ0v) is 20.8. The average Bonchev–Trinajstić information content (AvgIpc) is 3.34. The molecule has 0 aliphatic carbocycles. The number of amides is 2. The highest BCUT2D eigenvalue weighted by Crippen LogP contribution is 2.35. The van der Waals surface area contributed by atoms with Crippen molar-refractivity contribution in [1.29, 1.82) is 0 Å². The van der Waals surface area contributed by atoms with Crippen LogP contribution in [0.4, 0.5) is 5.69 Å². The van der Waals surface area contributed by atoms with Gasteiger partial charge in [0.15, 0.2) is 0 Å². The SMILES string of the molecule is CC(=O)Nc1ccc(C(=O)NN=Cc2cc(-c3ccccc3)n(-c3ccccc3)c2-c2ccccc2)cc1. The van der Waals surface area contributed by atoms with Crippen molar-refractivity contribution in [2.45, 2.75) is 6.92 Å². The molecule has 0 aliphatic rings. The second-order valence-corrected chi connectivity index (χ2v) is 8.69. The summed E-state index contributed by atoms with van der Waals surface area (Å²) in [5.74, 6) is -0.513. The molecule has 0 fully saturated rings. The number of nitrogens with zero attached hydrogens (tertiary/aromatic N) is 2. The molecule has 1 heterocycles. The maximum atomic E-state index is 12.7. The third-order valence-electron chi connectivity index (χ3n) is 6.00. The molecular weight excluding hydrogens is 472 g/mol. The number of hydrogen-bond donors (Lipinski definition) is 2. The van der Waals surface area contributed by atoms with Crippen LogP contribution in [0.1, 0.15) is 22.8 Å². The predicted octanol–water partition coefficient (Wildman–Crippen LogP) is 6.53. The van der Waals surface area contributed by atoms with Crippen LogP contribution in [-0.4, -0.2) is 22.6 Å². The standard InChI is InChI=1S/C32H26N4O2/c1-23(37)34-28-19-17-26(18-20-28)32(38)35-33-22-27-21-30(24-11-5-2-6-12-24)36(29-15-9-4-10-16-29)31(27)25-13-7-3-8-14-25/h2-22H,1H3,(H,34,37)(H,35,38). The second-order valence-electron chi connectivity index (χ2n) is 8.69. The third-order valence-corrected chi connectivity index (χ3v) is 6.00. The quantitative estimate of drug-likeness (QED) is 0.198. The molecule has 6 nitrogen and oxygen atoms in total. The van der Waals surface area contributed by atoms with Crippen LogP contribution >= 0.6 is 0 Å². The highest BCUT2D eigenvalue weighted by atomic mass is 16.2. The van der Waals surface area contributed by atoms with Gasteiger partial charge in [-0.2, -0.15) is 5.10 Å². The van der Waals surface area contributed by atoms with Gasteiger partial charge in [0.25, 0.3) is 5.91 Å². The van der Waals surface area contributed by atoms with Crippen molar-refractivity contribution < 1.29 is 9.59 Å². The number of benzene rings is 4. The van der Waals surface area contributed by atoms with E-state index in [9.17, 15) is 9.59 Å². The van der Waals surface area contributed by atoms with E-state index in [4.69, 9.17) is 0 Å². The first-order valence-corrected chi connectivity index (χ1v) is 12.2. The fourth-order valence-electron chi connectivity index (χ4n) is 4.32. The predicted molar refractivity (Wildman–Crippen MR) is 152 cm³/mol. The number of hydrazone groups is 1. The Balaban J connectivity index is 1.53. The van der Waals surface area contributed by atoms with E-state index in [1.165, 1.54) is 6.92 Å². The van der Waals surface area contributed by atoms with Crippen LogP contribution in [-0.2, 0) is 4.79 Å². The number of rotatable bonds is 7. The van der Waals surface area contributed by atoms with E-state index in [1.807, 2.05) is 54.6 Å². The molecule has 1 aromatic heterocycles. The summed E-state index contributed by atoms with van der Waals surface area (Å²) in [4.78, 5) is 24.0. The van der Waals surface area contributed by atoms with Crippen LogP contribution in [0.15, 0.2) is 126 Å². The Hall–Kier alpha value is -5.23.